The molecule has 0 heterocycles. The van der Waals surface area contributed by atoms with Gasteiger partial charge in [-0.15, -0.1) is 0 Å². The van der Waals surface area contributed by atoms with E-state index >= 15 is 0 Å². The monoisotopic (exact) mass is 263 g/mol. The van der Waals surface area contributed by atoms with E-state index < -0.39 is 0 Å². The van der Waals surface area contributed by atoms with Crippen LogP contribution in [0.3, 0.4) is 0 Å². The van der Waals surface area contributed by atoms with Crippen molar-refractivity contribution in [1.29, 1.82) is 0 Å². The van der Waals surface area contributed by atoms with E-state index in [0.717, 1.165) is 18.7 Å². The van der Waals surface area contributed by atoms with E-state index in [4.69, 9.17) is 5.73 Å². The molecule has 1 unspecified atom stereocenters. The highest BCUT2D eigenvalue weighted by Crippen LogP contribution is 2.10. The molecule has 0 aromatic heterocycles. The minimum Gasteiger partial charge on any atom is -0.399 e. The molecule has 1 amide bonds. The Bertz CT molecular complexity index is 418. The van der Waals surface area contributed by atoms with Gasteiger partial charge in [0, 0.05) is 24.8 Å². The number of carbonyl (C=O) groups excluding carboxylic acids is 1. The molecular formula is C15H25N3O. The topological polar surface area (TPSA) is 49.6 Å². The third kappa shape index (κ3) is 4.91. The average Bonchev–Trinajstić information content (AvgIpc) is 2.28. The van der Waals surface area contributed by atoms with Crippen LogP contribution in [0, 0.1) is 0 Å². The fourth-order valence-electron chi connectivity index (χ4n) is 2.34. The van der Waals surface area contributed by atoms with E-state index in [2.05, 4.69) is 11.8 Å². The predicted octanol–water partition coefficient (Wildman–Crippen LogP) is 1.61. The number of nitrogens with zero attached hydrogens (tertiary/aromatic N) is 2. The summed E-state index contributed by atoms with van der Waals surface area (Å²) in [7, 11) is 4.04. The van der Waals surface area contributed by atoms with Crippen LogP contribution in [0.5, 0.6) is 0 Å². The molecule has 4 heteroatoms. The van der Waals surface area contributed by atoms with E-state index in [-0.39, 0.29) is 11.9 Å². The van der Waals surface area contributed by atoms with Crippen molar-refractivity contribution in [2.75, 3.05) is 32.9 Å². The molecule has 0 saturated carbocycles. The van der Waals surface area contributed by atoms with Gasteiger partial charge in [-0.1, -0.05) is 12.1 Å². The zero-order chi connectivity index (χ0) is 14.4. The molecule has 0 bridgehead atoms. The summed E-state index contributed by atoms with van der Waals surface area (Å²) in [6.45, 7) is 5.71. The number of nitrogens with two attached hydrogens (primary N) is 1. The first-order chi connectivity index (χ1) is 8.93. The molecule has 0 fully saturated rings. The molecule has 0 spiro atoms. The molecule has 19 heavy (non-hydrogen) atoms. The number of nitrogen functional groups attached to an aromatic ring is 1. The van der Waals surface area contributed by atoms with Crippen molar-refractivity contribution >= 4 is 11.6 Å². The lowest BCUT2D eigenvalue weighted by molar-refractivity contribution is -0.132. The first-order valence-electron chi connectivity index (χ1n) is 6.72. The second-order valence-electron chi connectivity index (χ2n) is 5.21. The number of hydrogen-bond donors (Lipinski definition) is 1. The largest absolute Gasteiger partial charge is 0.399 e. The summed E-state index contributed by atoms with van der Waals surface area (Å²) in [6.07, 6.45) is 0.413. The molecule has 1 atom stereocenters. The number of likely N-dealkylation sites (N-methyl/N-ethyl adjacent to an activating group) is 2. The lowest BCUT2D eigenvalue weighted by Crippen LogP contribution is -2.44. The van der Waals surface area contributed by atoms with Gasteiger partial charge in [0.05, 0.1) is 6.42 Å². The molecule has 1 aromatic carbocycles. The summed E-state index contributed by atoms with van der Waals surface area (Å²) in [6, 6.07) is 7.74. The van der Waals surface area contributed by atoms with Gasteiger partial charge in [-0.05, 0) is 45.6 Å². The average molecular weight is 263 g/mol. The quantitative estimate of drug-likeness (QED) is 0.793. The van der Waals surface area contributed by atoms with Crippen LogP contribution in [0.25, 0.3) is 0 Å². The summed E-state index contributed by atoms with van der Waals surface area (Å²) < 4.78 is 0. The smallest absolute Gasteiger partial charge is 0.227 e. The Morgan fingerprint density at radius 1 is 1.37 bits per heavy atom. The molecule has 0 radical (unpaired) electrons. The Kier molecular flexibility index (Phi) is 5.83. The second kappa shape index (κ2) is 7.14. The SMILES string of the molecule is CCN(C(=O)Cc1cccc(N)c1)C(C)CN(C)C. The number of benzene rings is 1. The van der Waals surface area contributed by atoms with Crippen LogP contribution in [0.15, 0.2) is 24.3 Å². The summed E-state index contributed by atoms with van der Waals surface area (Å²) >= 11 is 0. The number of anilines is 1. The molecule has 0 saturated heterocycles. The Balaban J connectivity index is 2.68. The van der Waals surface area contributed by atoms with Crippen LogP contribution in [-0.4, -0.2) is 48.9 Å². The minimum atomic E-state index is 0.155. The van der Waals surface area contributed by atoms with Gasteiger partial charge < -0.3 is 15.5 Å². The summed E-state index contributed by atoms with van der Waals surface area (Å²) in [5.41, 5.74) is 7.41. The van der Waals surface area contributed by atoms with Crippen LogP contribution in [0.1, 0.15) is 19.4 Å². The highest BCUT2D eigenvalue weighted by atomic mass is 16.2. The highest BCUT2D eigenvalue weighted by Gasteiger charge is 2.19. The lowest BCUT2D eigenvalue weighted by Gasteiger charge is -2.30. The maximum absolute atomic E-state index is 12.3. The Morgan fingerprint density at radius 2 is 2.05 bits per heavy atom. The highest BCUT2D eigenvalue weighted by molar-refractivity contribution is 5.79. The van der Waals surface area contributed by atoms with Crippen molar-refractivity contribution in [3.63, 3.8) is 0 Å². The van der Waals surface area contributed by atoms with Crippen LogP contribution in [0.4, 0.5) is 5.69 Å². The van der Waals surface area contributed by atoms with Gasteiger partial charge in [-0.3, -0.25) is 4.79 Å². The molecule has 1 aromatic rings. The maximum Gasteiger partial charge on any atom is 0.227 e. The predicted molar refractivity (Wildman–Crippen MR) is 80.0 cm³/mol. The fourth-order valence-corrected chi connectivity index (χ4v) is 2.34. The van der Waals surface area contributed by atoms with Gasteiger partial charge in [0.2, 0.25) is 5.91 Å². The summed E-state index contributed by atoms with van der Waals surface area (Å²) in [4.78, 5) is 16.4. The van der Waals surface area contributed by atoms with Crippen LogP contribution >= 0.6 is 0 Å². The van der Waals surface area contributed by atoms with Gasteiger partial charge >= 0.3 is 0 Å². The number of carbonyl (C=O) groups is 1. The molecule has 0 aliphatic carbocycles. The normalized spacial score (nSPS) is 12.5. The van der Waals surface area contributed by atoms with Crippen LogP contribution < -0.4 is 5.73 Å². The lowest BCUT2D eigenvalue weighted by atomic mass is 10.1. The minimum absolute atomic E-state index is 0.155. The van der Waals surface area contributed by atoms with Crippen molar-refractivity contribution in [2.45, 2.75) is 26.3 Å². The molecule has 0 aliphatic rings. The van der Waals surface area contributed by atoms with Crippen molar-refractivity contribution in [3.05, 3.63) is 29.8 Å². The van der Waals surface area contributed by atoms with Gasteiger partial charge in [0.25, 0.3) is 0 Å². The molecule has 0 aliphatic heterocycles. The standard InChI is InChI=1S/C15H25N3O/c1-5-18(12(2)11-17(3)4)15(19)10-13-7-6-8-14(16)9-13/h6-9,12H,5,10-11,16H2,1-4H3. The van der Waals surface area contributed by atoms with Gasteiger partial charge in [0.15, 0.2) is 0 Å². The molecule has 1 rings (SSSR count). The van der Waals surface area contributed by atoms with Gasteiger partial charge in [-0.25, -0.2) is 0 Å². The number of rotatable bonds is 6. The zero-order valence-electron chi connectivity index (χ0n) is 12.4. The van der Waals surface area contributed by atoms with E-state index in [1.807, 2.05) is 50.2 Å². The Labute approximate surface area is 116 Å². The van der Waals surface area contributed by atoms with Crippen molar-refractivity contribution in [3.8, 4) is 0 Å². The van der Waals surface area contributed by atoms with Crippen molar-refractivity contribution in [2.24, 2.45) is 0 Å². The fraction of sp³-hybridized carbons (Fsp3) is 0.533. The van der Waals surface area contributed by atoms with Gasteiger partial charge in [0.1, 0.15) is 0 Å². The van der Waals surface area contributed by atoms with Crippen LogP contribution in [-0.2, 0) is 11.2 Å². The maximum atomic E-state index is 12.3. The van der Waals surface area contributed by atoms with E-state index in [9.17, 15) is 4.79 Å². The zero-order valence-corrected chi connectivity index (χ0v) is 12.4. The van der Waals surface area contributed by atoms with Crippen LogP contribution in [0.2, 0.25) is 0 Å². The van der Waals surface area contributed by atoms with Crippen molar-refractivity contribution in [1.82, 2.24) is 9.80 Å². The van der Waals surface area contributed by atoms with E-state index in [0.29, 0.717) is 12.1 Å². The first kappa shape index (κ1) is 15.5. The molecule has 106 valence electrons. The van der Waals surface area contributed by atoms with Crippen molar-refractivity contribution < 1.29 is 4.79 Å². The molecule has 4 nitrogen and oxygen atoms in total. The summed E-state index contributed by atoms with van der Waals surface area (Å²) in [5.74, 6) is 0.155. The van der Waals surface area contributed by atoms with E-state index in [1.54, 1.807) is 0 Å². The second-order valence-corrected chi connectivity index (χ2v) is 5.21. The number of amides is 1. The molecule has 2 N–H and O–H groups in total. The Morgan fingerprint density at radius 3 is 2.58 bits per heavy atom. The Hall–Kier alpha value is -1.55. The third-order valence-corrected chi connectivity index (χ3v) is 3.13. The van der Waals surface area contributed by atoms with E-state index in [1.165, 1.54) is 0 Å². The van der Waals surface area contributed by atoms with Gasteiger partial charge in [-0.2, -0.15) is 0 Å². The first-order valence-corrected chi connectivity index (χ1v) is 6.72. The summed E-state index contributed by atoms with van der Waals surface area (Å²) in [5, 5.41) is 0. The third-order valence-electron chi connectivity index (χ3n) is 3.13. The number of hydrogen-bond acceptors (Lipinski definition) is 3. The molecular weight excluding hydrogens is 238 g/mol.